The van der Waals surface area contributed by atoms with Crippen LogP contribution in [0.4, 0.5) is 0 Å². The summed E-state index contributed by atoms with van der Waals surface area (Å²) in [6, 6.07) is 11.9. The van der Waals surface area contributed by atoms with Crippen LogP contribution in [0.1, 0.15) is 18.1 Å². The molecule has 0 spiro atoms. The molecule has 0 unspecified atom stereocenters. The fourth-order valence-electron chi connectivity index (χ4n) is 3.65. The first kappa shape index (κ1) is 23.9. The average Bonchev–Trinajstić information content (AvgIpc) is 3.03. The molecule has 0 aliphatic carbocycles. The molecule has 1 fully saturated rings. The molecular formula is C20H26N2O6S3. The van der Waals surface area contributed by atoms with Crippen LogP contribution < -0.4 is 10.5 Å². The van der Waals surface area contributed by atoms with E-state index < -0.39 is 46.7 Å². The van der Waals surface area contributed by atoms with E-state index in [1.54, 1.807) is 24.3 Å². The fraction of sp³-hybridized carbons (Fsp3) is 0.400. The predicted molar refractivity (Wildman–Crippen MR) is 119 cm³/mol. The molecule has 0 radical (unpaired) electrons. The molecule has 1 aliphatic rings. The molecule has 2 aromatic rings. The molecule has 170 valence electrons. The summed E-state index contributed by atoms with van der Waals surface area (Å²) in [5.41, 5.74) is 1.82. The number of sulfone groups is 2. The molecule has 1 saturated heterocycles. The number of nitrogens with two attached hydrogens (primary N) is 1. The van der Waals surface area contributed by atoms with Crippen LogP contribution in [0.15, 0.2) is 58.3 Å². The molecule has 0 bridgehead atoms. The van der Waals surface area contributed by atoms with E-state index >= 15 is 0 Å². The summed E-state index contributed by atoms with van der Waals surface area (Å²) in [4.78, 5) is 0.128. The van der Waals surface area contributed by atoms with Crippen LogP contribution in [-0.4, -0.2) is 54.6 Å². The normalized spacial score (nSPS) is 21.2. The van der Waals surface area contributed by atoms with E-state index in [0.29, 0.717) is 13.0 Å². The van der Waals surface area contributed by atoms with Gasteiger partial charge < -0.3 is 5.32 Å². The first-order valence-corrected chi connectivity index (χ1v) is 14.7. The molecular weight excluding hydrogens is 460 g/mol. The number of benzene rings is 2. The van der Waals surface area contributed by atoms with Gasteiger partial charge in [-0.25, -0.2) is 30.4 Å². The van der Waals surface area contributed by atoms with E-state index in [2.05, 4.69) is 5.32 Å². The average molecular weight is 487 g/mol. The van der Waals surface area contributed by atoms with Crippen molar-refractivity contribution >= 4 is 29.7 Å². The molecule has 0 aromatic heterocycles. The summed E-state index contributed by atoms with van der Waals surface area (Å²) in [6.45, 7) is 2.31. The standard InChI is InChI=1S/C20H26N2O6S3/c1-2-15-3-7-17(8-4-15)30(25,26)20-14-29(23,24)13-19(20)22-12-11-16-5-9-18(10-6-16)31(21,27)28/h3-10,19-20,22H,2,11-14H2,1H3,(H2,21,27,28)/t19-,20-/m1/s1. The first-order chi connectivity index (χ1) is 14.4. The highest BCUT2D eigenvalue weighted by Gasteiger charge is 2.45. The van der Waals surface area contributed by atoms with E-state index in [4.69, 9.17) is 5.14 Å². The lowest BCUT2D eigenvalue weighted by Gasteiger charge is -2.20. The van der Waals surface area contributed by atoms with Gasteiger partial charge in [-0.2, -0.15) is 0 Å². The van der Waals surface area contributed by atoms with Crippen LogP contribution in [0.25, 0.3) is 0 Å². The zero-order chi connectivity index (χ0) is 22.9. The summed E-state index contributed by atoms with van der Waals surface area (Å²) in [5, 5.41) is 7.10. The number of sulfonamides is 1. The summed E-state index contributed by atoms with van der Waals surface area (Å²) in [5.74, 6) is -0.653. The van der Waals surface area contributed by atoms with E-state index in [0.717, 1.165) is 17.5 Å². The molecule has 2 aromatic carbocycles. The van der Waals surface area contributed by atoms with Crippen molar-refractivity contribution < 1.29 is 25.3 Å². The van der Waals surface area contributed by atoms with Crippen molar-refractivity contribution in [1.29, 1.82) is 0 Å². The van der Waals surface area contributed by atoms with Crippen molar-refractivity contribution in [2.75, 3.05) is 18.1 Å². The van der Waals surface area contributed by atoms with Gasteiger partial charge in [0.1, 0.15) is 0 Å². The van der Waals surface area contributed by atoms with E-state index in [1.807, 2.05) is 6.92 Å². The van der Waals surface area contributed by atoms with Crippen LogP contribution in [0.5, 0.6) is 0 Å². The largest absolute Gasteiger partial charge is 0.311 e. The highest BCUT2D eigenvalue weighted by molar-refractivity contribution is 7.96. The van der Waals surface area contributed by atoms with Crippen molar-refractivity contribution in [3.05, 3.63) is 59.7 Å². The van der Waals surface area contributed by atoms with E-state index in [-0.39, 0.29) is 15.5 Å². The lowest BCUT2D eigenvalue weighted by atomic mass is 10.1. The zero-order valence-corrected chi connectivity index (χ0v) is 19.5. The van der Waals surface area contributed by atoms with Crippen LogP contribution in [-0.2, 0) is 42.5 Å². The lowest BCUT2D eigenvalue weighted by molar-refractivity contribution is 0.528. The van der Waals surface area contributed by atoms with E-state index in [1.165, 1.54) is 24.3 Å². The molecule has 3 N–H and O–H groups in total. The molecule has 0 saturated carbocycles. The summed E-state index contributed by atoms with van der Waals surface area (Å²) in [7, 11) is -11.1. The molecule has 3 rings (SSSR count). The van der Waals surface area contributed by atoms with Crippen LogP contribution >= 0.6 is 0 Å². The highest BCUT2D eigenvalue weighted by Crippen LogP contribution is 2.26. The molecule has 1 aliphatic heterocycles. The minimum atomic E-state index is -3.82. The SMILES string of the molecule is CCc1ccc(S(=O)(=O)[C@@H]2CS(=O)(=O)C[C@H]2NCCc2ccc(S(N)(=O)=O)cc2)cc1. The van der Waals surface area contributed by atoms with Gasteiger partial charge in [-0.3, -0.25) is 0 Å². The summed E-state index contributed by atoms with van der Waals surface area (Å²) in [6.07, 6.45) is 1.25. The second kappa shape index (κ2) is 8.99. The number of rotatable bonds is 8. The third kappa shape index (κ3) is 5.72. The van der Waals surface area contributed by atoms with Gasteiger partial charge >= 0.3 is 0 Å². The first-order valence-electron chi connectivity index (χ1n) is 9.81. The Morgan fingerprint density at radius 3 is 2.00 bits per heavy atom. The number of hydrogen-bond donors (Lipinski definition) is 2. The Bertz CT molecular complexity index is 1240. The molecule has 11 heteroatoms. The smallest absolute Gasteiger partial charge is 0.238 e. The Labute approximate surface area is 183 Å². The zero-order valence-electron chi connectivity index (χ0n) is 17.1. The Balaban J connectivity index is 1.71. The number of primary sulfonamides is 1. The quantitative estimate of drug-likeness (QED) is 0.559. The van der Waals surface area contributed by atoms with Gasteiger partial charge in [0.15, 0.2) is 19.7 Å². The second-order valence-electron chi connectivity index (χ2n) is 7.66. The fourth-order valence-corrected chi connectivity index (χ4v) is 8.88. The molecule has 2 atom stereocenters. The van der Waals surface area contributed by atoms with Crippen molar-refractivity contribution in [3.63, 3.8) is 0 Å². The maximum atomic E-state index is 13.1. The number of hydrogen-bond acceptors (Lipinski definition) is 7. The van der Waals surface area contributed by atoms with Gasteiger partial charge in [0.25, 0.3) is 0 Å². The minimum absolute atomic E-state index is 0.00587. The predicted octanol–water partition coefficient (Wildman–Crippen LogP) is 0.668. The Kier molecular flexibility index (Phi) is 6.92. The van der Waals surface area contributed by atoms with Crippen LogP contribution in [0.3, 0.4) is 0 Å². The molecule has 8 nitrogen and oxygen atoms in total. The van der Waals surface area contributed by atoms with Gasteiger partial charge in [-0.1, -0.05) is 31.2 Å². The van der Waals surface area contributed by atoms with Gasteiger partial charge in [-0.05, 0) is 54.8 Å². The third-order valence-corrected chi connectivity index (χ3v) is 10.5. The topological polar surface area (TPSA) is 140 Å². The highest BCUT2D eigenvalue weighted by atomic mass is 32.2. The van der Waals surface area contributed by atoms with Gasteiger partial charge in [0, 0.05) is 6.04 Å². The Morgan fingerprint density at radius 2 is 1.45 bits per heavy atom. The minimum Gasteiger partial charge on any atom is -0.311 e. The van der Waals surface area contributed by atoms with Gasteiger partial charge in [0.2, 0.25) is 10.0 Å². The van der Waals surface area contributed by atoms with Gasteiger partial charge in [-0.15, -0.1) is 0 Å². The van der Waals surface area contributed by atoms with E-state index in [9.17, 15) is 25.3 Å². The molecule has 0 amide bonds. The lowest BCUT2D eigenvalue weighted by Crippen LogP contribution is -2.44. The molecule has 1 heterocycles. The van der Waals surface area contributed by atoms with Gasteiger partial charge in [0.05, 0.1) is 26.5 Å². The van der Waals surface area contributed by atoms with Crippen molar-refractivity contribution in [1.82, 2.24) is 5.32 Å². The summed E-state index contributed by atoms with van der Waals surface area (Å²) >= 11 is 0. The van der Waals surface area contributed by atoms with Crippen molar-refractivity contribution in [3.8, 4) is 0 Å². The monoisotopic (exact) mass is 486 g/mol. The maximum absolute atomic E-state index is 13.1. The van der Waals surface area contributed by atoms with Crippen LogP contribution in [0.2, 0.25) is 0 Å². The Hall–Kier alpha value is -1.79. The second-order valence-corrected chi connectivity index (χ2v) is 13.5. The third-order valence-electron chi connectivity index (χ3n) is 5.43. The van der Waals surface area contributed by atoms with Crippen molar-refractivity contribution in [2.24, 2.45) is 5.14 Å². The summed E-state index contributed by atoms with van der Waals surface area (Å²) < 4.78 is 73.3. The Morgan fingerprint density at radius 1 is 0.903 bits per heavy atom. The number of aryl methyl sites for hydroxylation is 1. The molecule has 31 heavy (non-hydrogen) atoms. The number of nitrogens with one attached hydrogen (secondary N) is 1. The van der Waals surface area contributed by atoms with Crippen molar-refractivity contribution in [2.45, 2.75) is 40.8 Å². The van der Waals surface area contributed by atoms with Crippen LogP contribution in [0, 0.1) is 0 Å². The maximum Gasteiger partial charge on any atom is 0.238 e.